The topological polar surface area (TPSA) is 75.4 Å². The summed E-state index contributed by atoms with van der Waals surface area (Å²) in [6, 6.07) is 13.9. The Bertz CT molecular complexity index is 830. The molecule has 148 valence electrons. The van der Waals surface area contributed by atoms with Crippen LogP contribution in [0.4, 0.5) is 5.69 Å². The molecular formula is C23H29N3O2. The number of aryl methyl sites for hydroxylation is 1. The highest BCUT2D eigenvalue weighted by Crippen LogP contribution is 2.31. The number of carbonyl (C=O) groups excluding carboxylic acids is 2. The van der Waals surface area contributed by atoms with Crippen molar-refractivity contribution in [1.29, 1.82) is 0 Å². The molecule has 3 rings (SSSR count). The van der Waals surface area contributed by atoms with Crippen LogP contribution in [0.2, 0.25) is 0 Å². The number of benzene rings is 2. The molecule has 0 fully saturated rings. The highest BCUT2D eigenvalue weighted by Gasteiger charge is 2.20. The van der Waals surface area contributed by atoms with E-state index in [1.807, 2.05) is 41.3 Å². The van der Waals surface area contributed by atoms with Crippen molar-refractivity contribution < 1.29 is 9.59 Å². The van der Waals surface area contributed by atoms with Crippen molar-refractivity contribution in [1.82, 2.24) is 5.32 Å². The maximum atomic E-state index is 12.2. The van der Waals surface area contributed by atoms with Crippen LogP contribution in [0.15, 0.2) is 42.5 Å². The van der Waals surface area contributed by atoms with E-state index < -0.39 is 0 Å². The van der Waals surface area contributed by atoms with Crippen LogP contribution in [-0.2, 0) is 11.2 Å². The smallest absolute Gasteiger partial charge is 0.251 e. The van der Waals surface area contributed by atoms with Gasteiger partial charge in [-0.2, -0.15) is 0 Å². The number of hydrogen-bond acceptors (Lipinski definition) is 3. The molecule has 0 saturated heterocycles. The molecule has 2 aromatic carbocycles. The largest absolute Gasteiger partial charge is 0.352 e. The third-order valence-electron chi connectivity index (χ3n) is 5.23. The Morgan fingerprint density at radius 2 is 1.79 bits per heavy atom. The quantitative estimate of drug-likeness (QED) is 0.723. The maximum Gasteiger partial charge on any atom is 0.251 e. The van der Waals surface area contributed by atoms with Gasteiger partial charge in [0.15, 0.2) is 0 Å². The number of rotatable bonds is 7. The summed E-state index contributed by atoms with van der Waals surface area (Å²) < 4.78 is 0. The van der Waals surface area contributed by atoms with Crippen molar-refractivity contribution in [3.05, 3.63) is 53.6 Å². The number of anilines is 1. The van der Waals surface area contributed by atoms with Crippen LogP contribution in [0.3, 0.4) is 0 Å². The maximum absolute atomic E-state index is 12.2. The fourth-order valence-corrected chi connectivity index (χ4v) is 3.67. The molecule has 0 saturated carbocycles. The summed E-state index contributed by atoms with van der Waals surface area (Å²) in [6.45, 7) is 3.78. The summed E-state index contributed by atoms with van der Waals surface area (Å²) in [5.41, 5.74) is 10.6. The van der Waals surface area contributed by atoms with E-state index in [1.165, 1.54) is 5.56 Å². The molecule has 0 bridgehead atoms. The van der Waals surface area contributed by atoms with Gasteiger partial charge in [0.05, 0.1) is 0 Å². The fourth-order valence-electron chi connectivity index (χ4n) is 3.67. The van der Waals surface area contributed by atoms with E-state index in [2.05, 4.69) is 11.4 Å². The number of nitrogens with one attached hydrogen (secondary N) is 1. The van der Waals surface area contributed by atoms with Gasteiger partial charge in [-0.3, -0.25) is 9.59 Å². The van der Waals surface area contributed by atoms with Gasteiger partial charge in [-0.25, -0.2) is 0 Å². The van der Waals surface area contributed by atoms with Gasteiger partial charge in [0.2, 0.25) is 5.91 Å². The van der Waals surface area contributed by atoms with Crippen molar-refractivity contribution in [2.45, 2.75) is 39.0 Å². The van der Waals surface area contributed by atoms with Crippen LogP contribution in [0.1, 0.15) is 48.5 Å². The van der Waals surface area contributed by atoms with Crippen LogP contribution in [-0.4, -0.2) is 31.4 Å². The lowest BCUT2D eigenvalue weighted by atomic mass is 9.95. The first-order chi connectivity index (χ1) is 13.6. The first-order valence-electron chi connectivity index (χ1n) is 10.1. The van der Waals surface area contributed by atoms with E-state index in [1.54, 1.807) is 6.92 Å². The Kier molecular flexibility index (Phi) is 6.82. The van der Waals surface area contributed by atoms with Gasteiger partial charge in [0.1, 0.15) is 0 Å². The molecule has 5 heteroatoms. The van der Waals surface area contributed by atoms with Crippen LogP contribution >= 0.6 is 0 Å². The van der Waals surface area contributed by atoms with E-state index in [9.17, 15) is 9.59 Å². The Labute approximate surface area is 166 Å². The van der Waals surface area contributed by atoms with Crippen molar-refractivity contribution in [2.75, 3.05) is 24.5 Å². The standard InChI is InChI=1S/C23H29N3O2/c1-17(27)26-15-5-6-21-16-20(11-12-22(21)26)18-7-9-19(10-8-18)23(28)25-14-4-2-3-13-24/h7-12,16H,2-6,13-15,24H2,1H3,(H,25,28). The zero-order valence-corrected chi connectivity index (χ0v) is 16.5. The number of amides is 2. The van der Waals surface area contributed by atoms with E-state index in [0.717, 1.165) is 55.5 Å². The summed E-state index contributed by atoms with van der Waals surface area (Å²) in [6.07, 6.45) is 4.95. The second-order valence-electron chi connectivity index (χ2n) is 7.30. The number of fused-ring (bicyclic) bond motifs is 1. The minimum atomic E-state index is -0.0400. The van der Waals surface area contributed by atoms with Gasteiger partial charge in [-0.1, -0.05) is 24.6 Å². The lowest BCUT2D eigenvalue weighted by Gasteiger charge is -2.29. The molecular weight excluding hydrogens is 350 g/mol. The molecule has 0 aromatic heterocycles. The Hall–Kier alpha value is -2.66. The molecule has 0 spiro atoms. The van der Waals surface area contributed by atoms with Crippen LogP contribution in [0.5, 0.6) is 0 Å². The van der Waals surface area contributed by atoms with Crippen molar-refractivity contribution >= 4 is 17.5 Å². The van der Waals surface area contributed by atoms with Gasteiger partial charge in [0.25, 0.3) is 5.91 Å². The van der Waals surface area contributed by atoms with Gasteiger partial charge in [-0.15, -0.1) is 0 Å². The van der Waals surface area contributed by atoms with Gasteiger partial charge in [-0.05, 0) is 73.2 Å². The molecule has 1 heterocycles. The average molecular weight is 380 g/mol. The molecule has 2 aromatic rings. The van der Waals surface area contributed by atoms with Crippen molar-refractivity contribution in [2.24, 2.45) is 5.73 Å². The van der Waals surface area contributed by atoms with Crippen LogP contribution < -0.4 is 16.0 Å². The third-order valence-corrected chi connectivity index (χ3v) is 5.23. The van der Waals surface area contributed by atoms with Crippen LogP contribution in [0.25, 0.3) is 11.1 Å². The van der Waals surface area contributed by atoms with E-state index in [4.69, 9.17) is 5.73 Å². The molecule has 3 N–H and O–H groups in total. The number of carbonyl (C=O) groups is 2. The number of unbranched alkanes of at least 4 members (excludes halogenated alkanes) is 2. The highest BCUT2D eigenvalue weighted by atomic mass is 16.2. The summed E-state index contributed by atoms with van der Waals surface area (Å²) in [7, 11) is 0. The first kappa shape index (κ1) is 20.1. The SMILES string of the molecule is CC(=O)N1CCCc2cc(-c3ccc(C(=O)NCCCCCN)cc3)ccc21. The van der Waals surface area contributed by atoms with Gasteiger partial charge in [0, 0.05) is 31.3 Å². The second-order valence-corrected chi connectivity index (χ2v) is 7.30. The molecule has 28 heavy (non-hydrogen) atoms. The summed E-state index contributed by atoms with van der Waals surface area (Å²) >= 11 is 0. The lowest BCUT2D eigenvalue weighted by Crippen LogP contribution is -2.33. The van der Waals surface area contributed by atoms with Gasteiger partial charge < -0.3 is 16.0 Å². The van der Waals surface area contributed by atoms with Crippen molar-refractivity contribution in [3.63, 3.8) is 0 Å². The fraction of sp³-hybridized carbons (Fsp3) is 0.391. The molecule has 5 nitrogen and oxygen atoms in total. The number of nitrogens with zero attached hydrogens (tertiary/aromatic N) is 1. The minimum Gasteiger partial charge on any atom is -0.352 e. The molecule has 1 aliphatic heterocycles. The number of nitrogens with two attached hydrogens (primary N) is 1. The zero-order chi connectivity index (χ0) is 19.9. The molecule has 1 aliphatic rings. The minimum absolute atomic E-state index is 0.0400. The highest BCUT2D eigenvalue weighted by molar-refractivity contribution is 5.95. The summed E-state index contributed by atoms with van der Waals surface area (Å²) in [5.74, 6) is 0.0499. The second kappa shape index (κ2) is 9.51. The zero-order valence-electron chi connectivity index (χ0n) is 16.5. The third kappa shape index (κ3) is 4.78. The Morgan fingerprint density at radius 1 is 1.04 bits per heavy atom. The summed E-state index contributed by atoms with van der Waals surface area (Å²) in [4.78, 5) is 25.9. The molecule has 0 atom stereocenters. The predicted octanol–water partition coefficient (Wildman–Crippen LogP) is 3.51. The average Bonchev–Trinajstić information content (AvgIpc) is 2.72. The Morgan fingerprint density at radius 3 is 2.50 bits per heavy atom. The molecule has 0 unspecified atom stereocenters. The summed E-state index contributed by atoms with van der Waals surface area (Å²) in [5, 5.41) is 2.96. The van der Waals surface area contributed by atoms with Gasteiger partial charge >= 0.3 is 0 Å². The first-order valence-corrected chi connectivity index (χ1v) is 10.1. The van der Waals surface area contributed by atoms with E-state index in [0.29, 0.717) is 18.7 Å². The predicted molar refractivity (Wildman–Crippen MR) is 113 cm³/mol. The van der Waals surface area contributed by atoms with E-state index >= 15 is 0 Å². The lowest BCUT2D eigenvalue weighted by molar-refractivity contribution is -0.116. The normalized spacial score (nSPS) is 13.1. The molecule has 0 radical (unpaired) electrons. The molecule has 0 aliphatic carbocycles. The van der Waals surface area contributed by atoms with E-state index in [-0.39, 0.29) is 11.8 Å². The van der Waals surface area contributed by atoms with Crippen molar-refractivity contribution in [3.8, 4) is 11.1 Å². The van der Waals surface area contributed by atoms with Crippen LogP contribution in [0, 0.1) is 0 Å². The molecule has 2 amide bonds. The monoisotopic (exact) mass is 379 g/mol. The number of hydrogen-bond donors (Lipinski definition) is 2. The Balaban J connectivity index is 1.67.